The molecule has 0 saturated carbocycles. The molecule has 1 aliphatic heterocycles. The predicted molar refractivity (Wildman–Crippen MR) is 106 cm³/mol. The number of hydrogen-bond acceptors (Lipinski definition) is 5. The molecule has 1 aliphatic carbocycles. The quantitative estimate of drug-likeness (QED) is 0.625. The highest BCUT2D eigenvalue weighted by atomic mass is 35.5. The Kier molecular flexibility index (Phi) is 3.93. The lowest BCUT2D eigenvalue weighted by Crippen LogP contribution is -2.34. The summed E-state index contributed by atoms with van der Waals surface area (Å²) in [5, 5.41) is 3.98. The van der Waals surface area contributed by atoms with E-state index in [9.17, 15) is 4.79 Å². The molecule has 26 heavy (non-hydrogen) atoms. The van der Waals surface area contributed by atoms with E-state index in [0.717, 1.165) is 28.8 Å². The van der Waals surface area contributed by atoms with Gasteiger partial charge in [-0.15, -0.1) is 0 Å². The molecule has 4 rings (SSSR count). The molecule has 134 valence electrons. The summed E-state index contributed by atoms with van der Waals surface area (Å²) in [6.07, 6.45) is 1.27. The molecular weight excluding hydrogens is 368 g/mol. The van der Waals surface area contributed by atoms with Gasteiger partial charge in [-0.2, -0.15) is 0 Å². The SMILES string of the molecule is CC1(C)CC(=O)C2=C(C1)Nc1nc(=S)[nH]c(N)c1C2c1ccc(Cl)cc1. The second-order valence-corrected chi connectivity index (χ2v) is 8.48. The molecule has 1 aromatic heterocycles. The van der Waals surface area contributed by atoms with E-state index in [2.05, 4.69) is 29.1 Å². The lowest BCUT2D eigenvalue weighted by Gasteiger charge is -2.39. The molecule has 1 unspecified atom stereocenters. The highest BCUT2D eigenvalue weighted by molar-refractivity contribution is 7.71. The Morgan fingerprint density at radius 3 is 2.65 bits per heavy atom. The molecule has 0 fully saturated rings. The van der Waals surface area contributed by atoms with Gasteiger partial charge in [0.2, 0.25) is 0 Å². The van der Waals surface area contributed by atoms with E-state index in [1.54, 1.807) is 0 Å². The number of nitrogen functional groups attached to an aromatic ring is 1. The molecule has 2 aliphatic rings. The fourth-order valence-corrected chi connectivity index (χ4v) is 4.27. The van der Waals surface area contributed by atoms with Crippen LogP contribution >= 0.6 is 23.8 Å². The first-order chi connectivity index (χ1) is 12.2. The zero-order chi connectivity index (χ0) is 18.6. The fraction of sp³-hybridized carbons (Fsp3) is 0.316. The van der Waals surface area contributed by atoms with Gasteiger partial charge in [-0.3, -0.25) is 4.79 Å². The molecule has 4 N–H and O–H groups in total. The summed E-state index contributed by atoms with van der Waals surface area (Å²) in [6, 6.07) is 7.51. The molecule has 5 nitrogen and oxygen atoms in total. The number of aromatic amines is 1. The number of H-pyrrole nitrogens is 1. The van der Waals surface area contributed by atoms with Crippen molar-refractivity contribution in [2.75, 3.05) is 11.1 Å². The van der Waals surface area contributed by atoms with Gasteiger partial charge < -0.3 is 16.0 Å². The van der Waals surface area contributed by atoms with E-state index in [1.165, 1.54) is 0 Å². The number of nitrogens with two attached hydrogens (primary N) is 1. The van der Waals surface area contributed by atoms with Crippen LogP contribution in [0.2, 0.25) is 5.02 Å². The number of nitrogens with one attached hydrogen (secondary N) is 2. The van der Waals surface area contributed by atoms with E-state index < -0.39 is 0 Å². The lowest BCUT2D eigenvalue weighted by molar-refractivity contribution is -0.118. The number of allylic oxidation sites excluding steroid dienone is 2. The van der Waals surface area contributed by atoms with Crippen LogP contribution in [0.25, 0.3) is 0 Å². The second kappa shape index (κ2) is 5.93. The molecule has 0 saturated heterocycles. The Bertz CT molecular complexity index is 1010. The number of nitrogens with zero attached hydrogens (tertiary/aromatic N) is 1. The van der Waals surface area contributed by atoms with Crippen molar-refractivity contribution in [3.05, 3.63) is 56.5 Å². The van der Waals surface area contributed by atoms with Crippen molar-refractivity contribution in [2.24, 2.45) is 5.41 Å². The summed E-state index contributed by atoms with van der Waals surface area (Å²) in [7, 11) is 0. The lowest BCUT2D eigenvalue weighted by atomic mass is 9.69. The van der Waals surface area contributed by atoms with Gasteiger partial charge >= 0.3 is 0 Å². The number of ketones is 1. The number of carbonyl (C=O) groups is 1. The maximum Gasteiger partial charge on any atom is 0.200 e. The van der Waals surface area contributed by atoms with Crippen molar-refractivity contribution >= 4 is 41.2 Å². The first kappa shape index (κ1) is 17.2. The number of hydrogen-bond donors (Lipinski definition) is 3. The minimum Gasteiger partial charge on any atom is -0.385 e. The van der Waals surface area contributed by atoms with Crippen molar-refractivity contribution < 1.29 is 4.79 Å². The van der Waals surface area contributed by atoms with Crippen LogP contribution in [-0.4, -0.2) is 15.8 Å². The fourth-order valence-electron chi connectivity index (χ4n) is 3.94. The summed E-state index contributed by atoms with van der Waals surface area (Å²) in [6.45, 7) is 4.20. The Labute approximate surface area is 161 Å². The Balaban J connectivity index is 1.98. The van der Waals surface area contributed by atoms with Gasteiger partial charge in [0, 0.05) is 34.2 Å². The average molecular weight is 387 g/mol. The number of benzene rings is 1. The van der Waals surface area contributed by atoms with E-state index in [-0.39, 0.29) is 17.1 Å². The molecule has 0 spiro atoms. The van der Waals surface area contributed by atoms with Crippen LogP contribution in [0.15, 0.2) is 35.5 Å². The van der Waals surface area contributed by atoms with Crippen molar-refractivity contribution in [3.8, 4) is 0 Å². The number of anilines is 2. The normalized spacial score (nSPS) is 21.0. The van der Waals surface area contributed by atoms with Crippen LogP contribution in [-0.2, 0) is 4.79 Å². The summed E-state index contributed by atoms with van der Waals surface area (Å²) >= 11 is 11.2. The van der Waals surface area contributed by atoms with Crippen LogP contribution in [0.4, 0.5) is 11.6 Å². The minimum atomic E-state index is -0.290. The highest BCUT2D eigenvalue weighted by Crippen LogP contribution is 2.49. The highest BCUT2D eigenvalue weighted by Gasteiger charge is 2.42. The third-order valence-corrected chi connectivity index (χ3v) is 5.42. The topological polar surface area (TPSA) is 83.8 Å². The number of rotatable bonds is 1. The zero-order valence-corrected chi connectivity index (χ0v) is 16.1. The molecule has 7 heteroatoms. The van der Waals surface area contributed by atoms with Gasteiger partial charge in [-0.25, -0.2) is 4.98 Å². The van der Waals surface area contributed by atoms with Crippen molar-refractivity contribution in [3.63, 3.8) is 0 Å². The standard InChI is InChI=1S/C19H19ClN4OS/c1-19(2)7-11-14(12(25)8-19)13(9-3-5-10(20)6-4-9)15-16(21)23-18(26)24-17(15)22-11/h3-6,13H,7-8H2,1-2H3,(H4,21,22,23,24,26). The summed E-state index contributed by atoms with van der Waals surface area (Å²) < 4.78 is 0.314. The molecule has 2 aromatic rings. The van der Waals surface area contributed by atoms with Crippen molar-refractivity contribution in [1.29, 1.82) is 0 Å². The molecule has 2 heterocycles. The molecular formula is C19H19ClN4OS. The van der Waals surface area contributed by atoms with E-state index in [1.807, 2.05) is 24.3 Å². The number of fused-ring (bicyclic) bond motifs is 1. The van der Waals surface area contributed by atoms with Crippen molar-refractivity contribution in [2.45, 2.75) is 32.6 Å². The number of halogens is 1. The summed E-state index contributed by atoms with van der Waals surface area (Å²) in [5.41, 5.74) is 9.54. The molecule has 0 amide bonds. The largest absolute Gasteiger partial charge is 0.385 e. The third kappa shape index (κ3) is 2.83. The minimum absolute atomic E-state index is 0.103. The molecule has 1 atom stereocenters. The van der Waals surface area contributed by atoms with Crippen LogP contribution in [0.3, 0.4) is 0 Å². The van der Waals surface area contributed by atoms with Gasteiger partial charge in [0.25, 0.3) is 0 Å². The van der Waals surface area contributed by atoms with E-state index in [0.29, 0.717) is 27.9 Å². The number of Topliss-reactive ketones (excluding diaryl/α,β-unsaturated/α-hetero) is 1. The molecule has 0 radical (unpaired) electrons. The summed E-state index contributed by atoms with van der Waals surface area (Å²) in [4.78, 5) is 20.4. The van der Waals surface area contributed by atoms with Crippen LogP contribution in [0.5, 0.6) is 0 Å². The van der Waals surface area contributed by atoms with Gasteiger partial charge in [0.1, 0.15) is 11.6 Å². The maximum atomic E-state index is 13.1. The Morgan fingerprint density at radius 1 is 1.27 bits per heavy atom. The Morgan fingerprint density at radius 2 is 1.96 bits per heavy atom. The van der Waals surface area contributed by atoms with Crippen molar-refractivity contribution in [1.82, 2.24) is 9.97 Å². The van der Waals surface area contributed by atoms with Gasteiger partial charge in [-0.1, -0.05) is 37.6 Å². The monoisotopic (exact) mass is 386 g/mol. The first-order valence-electron chi connectivity index (χ1n) is 8.43. The smallest absolute Gasteiger partial charge is 0.200 e. The van der Waals surface area contributed by atoms with Crippen LogP contribution in [0, 0.1) is 10.2 Å². The number of carbonyl (C=O) groups excluding carboxylic acids is 1. The van der Waals surface area contributed by atoms with Gasteiger partial charge in [0.05, 0.1) is 0 Å². The van der Waals surface area contributed by atoms with Gasteiger partial charge in [-0.05, 0) is 41.7 Å². The van der Waals surface area contributed by atoms with E-state index in [4.69, 9.17) is 29.6 Å². The molecule has 1 aromatic carbocycles. The van der Waals surface area contributed by atoms with Gasteiger partial charge in [0.15, 0.2) is 10.6 Å². The average Bonchev–Trinajstić information content (AvgIpc) is 2.52. The third-order valence-electron chi connectivity index (χ3n) is 4.97. The van der Waals surface area contributed by atoms with E-state index >= 15 is 0 Å². The summed E-state index contributed by atoms with van der Waals surface area (Å²) in [5.74, 6) is 0.893. The van der Waals surface area contributed by atoms with Crippen LogP contribution in [0.1, 0.15) is 43.7 Å². The number of aromatic nitrogens is 2. The first-order valence-corrected chi connectivity index (χ1v) is 9.22. The van der Waals surface area contributed by atoms with Crippen LogP contribution < -0.4 is 11.1 Å². The predicted octanol–water partition coefficient (Wildman–Crippen LogP) is 4.58. The maximum absolute atomic E-state index is 13.1. The molecule has 0 bridgehead atoms. The second-order valence-electron chi connectivity index (χ2n) is 7.66. The Hall–Kier alpha value is -2.18. The zero-order valence-electron chi connectivity index (χ0n) is 14.5.